The number of aromatic nitrogens is 1. The minimum atomic E-state index is 1.17. The predicted molar refractivity (Wildman–Crippen MR) is 184 cm³/mol. The molecule has 204 valence electrons. The van der Waals surface area contributed by atoms with Gasteiger partial charge in [-0.3, -0.25) is 0 Å². The molecule has 0 saturated heterocycles. The van der Waals surface area contributed by atoms with Crippen LogP contribution >= 0.6 is 0 Å². The van der Waals surface area contributed by atoms with Gasteiger partial charge in [0.15, 0.2) is 0 Å². The molecular weight excluding hydrogens is 520 g/mol. The van der Waals surface area contributed by atoms with Crippen molar-refractivity contribution >= 4 is 44.0 Å². The van der Waals surface area contributed by atoms with E-state index in [0.717, 1.165) is 0 Å². The van der Waals surface area contributed by atoms with Gasteiger partial charge in [-0.1, -0.05) is 115 Å². The van der Waals surface area contributed by atoms with E-state index < -0.39 is 0 Å². The number of hydrogen-bond donors (Lipinski definition) is 0. The van der Waals surface area contributed by atoms with E-state index in [1.165, 1.54) is 71.9 Å². The Labute approximate surface area is 251 Å². The number of nitrogens with zero attached hydrogens (tertiary/aromatic N) is 2. The van der Waals surface area contributed by atoms with Gasteiger partial charge in [-0.25, -0.2) is 0 Å². The summed E-state index contributed by atoms with van der Waals surface area (Å²) in [4.78, 5) is 2.21. The van der Waals surface area contributed by atoms with Gasteiger partial charge in [0.1, 0.15) is 0 Å². The van der Waals surface area contributed by atoms with Gasteiger partial charge in [0, 0.05) is 34.9 Å². The first-order valence-corrected chi connectivity index (χ1v) is 14.7. The van der Waals surface area contributed by atoms with E-state index in [0.29, 0.717) is 0 Å². The smallest absolute Gasteiger partial charge is 0.0547 e. The monoisotopic (exact) mass is 550 g/mol. The largest absolute Gasteiger partial charge is 0.345 e. The van der Waals surface area contributed by atoms with Crippen LogP contribution in [0.3, 0.4) is 0 Å². The molecule has 1 heterocycles. The van der Waals surface area contributed by atoms with Gasteiger partial charge in [0.2, 0.25) is 0 Å². The van der Waals surface area contributed by atoms with Gasteiger partial charge in [0.05, 0.1) is 11.0 Å². The lowest BCUT2D eigenvalue weighted by Crippen LogP contribution is -2.08. The van der Waals surface area contributed by atoms with Crippen LogP contribution in [-0.2, 0) is 0 Å². The Morgan fingerprint density at radius 3 is 1.72 bits per heavy atom. The predicted octanol–water partition coefficient (Wildman–Crippen LogP) is 11.0. The fraction of sp³-hybridized carbons (Fsp3) is 0.0244. The first-order valence-electron chi connectivity index (χ1n) is 14.7. The fourth-order valence-electron chi connectivity index (χ4n) is 6.28. The van der Waals surface area contributed by atoms with Crippen LogP contribution in [0.25, 0.3) is 60.5 Å². The van der Waals surface area contributed by atoms with Crippen LogP contribution in [0.15, 0.2) is 164 Å². The number of anilines is 2. The highest BCUT2D eigenvalue weighted by Gasteiger charge is 2.14. The highest BCUT2D eigenvalue weighted by molar-refractivity contribution is 6.10. The van der Waals surface area contributed by atoms with Gasteiger partial charge < -0.3 is 9.47 Å². The summed E-state index contributed by atoms with van der Waals surface area (Å²) < 4.78 is 2.41. The van der Waals surface area contributed by atoms with Crippen molar-refractivity contribution in [3.05, 3.63) is 164 Å². The van der Waals surface area contributed by atoms with Crippen molar-refractivity contribution in [1.29, 1.82) is 0 Å². The van der Waals surface area contributed by atoms with Crippen LogP contribution in [0.1, 0.15) is 0 Å². The molecule has 0 aliphatic carbocycles. The van der Waals surface area contributed by atoms with Crippen molar-refractivity contribution in [2.45, 2.75) is 0 Å². The molecule has 2 heteroatoms. The molecule has 0 atom stereocenters. The molecule has 0 amide bonds. The van der Waals surface area contributed by atoms with Crippen molar-refractivity contribution in [3.8, 4) is 27.9 Å². The second-order valence-corrected chi connectivity index (χ2v) is 11.1. The fourth-order valence-corrected chi connectivity index (χ4v) is 6.28. The Morgan fingerprint density at radius 2 is 0.953 bits per heavy atom. The summed E-state index contributed by atoms with van der Waals surface area (Å²) in [6.45, 7) is 0. The zero-order valence-electron chi connectivity index (χ0n) is 24.0. The third-order valence-corrected chi connectivity index (χ3v) is 8.61. The molecule has 0 radical (unpaired) electrons. The lowest BCUT2D eigenvalue weighted by atomic mass is 9.99. The van der Waals surface area contributed by atoms with E-state index in [9.17, 15) is 0 Å². The maximum atomic E-state index is 2.41. The Hall–Kier alpha value is -5.60. The van der Waals surface area contributed by atoms with Crippen molar-refractivity contribution in [3.63, 3.8) is 0 Å². The topological polar surface area (TPSA) is 8.17 Å². The van der Waals surface area contributed by atoms with Crippen molar-refractivity contribution in [1.82, 2.24) is 4.57 Å². The van der Waals surface area contributed by atoms with Crippen LogP contribution in [0, 0.1) is 0 Å². The lowest BCUT2D eigenvalue weighted by Gasteiger charge is -2.19. The summed E-state index contributed by atoms with van der Waals surface area (Å²) >= 11 is 0. The quantitative estimate of drug-likeness (QED) is 0.207. The highest BCUT2D eigenvalue weighted by Crippen LogP contribution is 2.36. The first kappa shape index (κ1) is 25.1. The van der Waals surface area contributed by atoms with Crippen LogP contribution < -0.4 is 4.90 Å². The summed E-state index contributed by atoms with van der Waals surface area (Å²) in [7, 11) is 2.11. The van der Waals surface area contributed by atoms with Gasteiger partial charge in [-0.15, -0.1) is 0 Å². The van der Waals surface area contributed by atoms with Crippen molar-refractivity contribution in [2.75, 3.05) is 11.9 Å². The number of rotatable bonds is 5. The SMILES string of the molecule is CN(c1ccccc1)c1ccc(-c2ccc(-c3ccc4c5ccccc5n(-c5ccc6ccccc6c5)c4c3)cc2)cc1. The summed E-state index contributed by atoms with van der Waals surface area (Å²) in [6.07, 6.45) is 0. The molecule has 0 unspecified atom stereocenters. The zero-order chi connectivity index (χ0) is 28.8. The van der Waals surface area contributed by atoms with Crippen LogP contribution in [0.4, 0.5) is 11.4 Å². The van der Waals surface area contributed by atoms with E-state index in [1.54, 1.807) is 0 Å². The minimum Gasteiger partial charge on any atom is -0.345 e. The normalized spacial score (nSPS) is 11.4. The van der Waals surface area contributed by atoms with Gasteiger partial charge in [0.25, 0.3) is 0 Å². The van der Waals surface area contributed by atoms with Crippen LogP contribution in [-0.4, -0.2) is 11.6 Å². The number of benzene rings is 7. The highest BCUT2D eigenvalue weighted by atomic mass is 15.1. The minimum absolute atomic E-state index is 1.17. The molecule has 8 aromatic rings. The lowest BCUT2D eigenvalue weighted by molar-refractivity contribution is 1.19. The molecule has 0 spiro atoms. The van der Waals surface area contributed by atoms with Crippen LogP contribution in [0.2, 0.25) is 0 Å². The summed E-state index contributed by atoms with van der Waals surface area (Å²) in [5.74, 6) is 0. The summed E-state index contributed by atoms with van der Waals surface area (Å²) in [5.41, 5.74) is 10.8. The van der Waals surface area contributed by atoms with Gasteiger partial charge >= 0.3 is 0 Å². The molecule has 0 bridgehead atoms. The molecule has 7 aromatic carbocycles. The molecule has 0 aliphatic heterocycles. The Morgan fingerprint density at radius 1 is 0.395 bits per heavy atom. The zero-order valence-corrected chi connectivity index (χ0v) is 24.0. The molecule has 0 fully saturated rings. The number of para-hydroxylation sites is 2. The van der Waals surface area contributed by atoms with E-state index in [4.69, 9.17) is 0 Å². The second-order valence-electron chi connectivity index (χ2n) is 11.1. The molecule has 0 N–H and O–H groups in total. The summed E-state index contributed by atoms with van der Waals surface area (Å²) in [5, 5.41) is 5.04. The number of hydrogen-bond acceptors (Lipinski definition) is 1. The third-order valence-electron chi connectivity index (χ3n) is 8.61. The molecule has 43 heavy (non-hydrogen) atoms. The van der Waals surface area contributed by atoms with Crippen molar-refractivity contribution in [2.24, 2.45) is 0 Å². The molecule has 0 saturated carbocycles. The van der Waals surface area contributed by atoms with E-state index in [2.05, 4.69) is 174 Å². The third kappa shape index (κ3) is 4.45. The van der Waals surface area contributed by atoms with Crippen molar-refractivity contribution < 1.29 is 0 Å². The maximum absolute atomic E-state index is 2.41. The molecule has 0 aliphatic rings. The summed E-state index contributed by atoms with van der Waals surface area (Å²) in [6, 6.07) is 59.1. The van der Waals surface area contributed by atoms with Crippen LogP contribution in [0.5, 0.6) is 0 Å². The van der Waals surface area contributed by atoms with Gasteiger partial charge in [-0.05, 0) is 81.6 Å². The number of fused-ring (bicyclic) bond motifs is 4. The standard InChI is InChI=1S/C41H30N2/c1-42(35-11-3-2-4-12-35)36-23-19-31(20-24-36)30-15-17-32(18-16-30)34-22-26-39-38-13-7-8-14-40(38)43(41(39)28-34)37-25-21-29-9-5-6-10-33(29)27-37/h2-28H,1H3. The molecule has 2 nitrogen and oxygen atoms in total. The second kappa shape index (κ2) is 10.3. The average molecular weight is 551 g/mol. The first-order chi connectivity index (χ1) is 21.2. The average Bonchev–Trinajstić information content (AvgIpc) is 3.42. The van der Waals surface area contributed by atoms with E-state index in [1.807, 2.05) is 6.07 Å². The molecular formula is C41H30N2. The maximum Gasteiger partial charge on any atom is 0.0547 e. The Balaban J connectivity index is 1.15. The van der Waals surface area contributed by atoms with E-state index >= 15 is 0 Å². The Bertz CT molecular complexity index is 2220. The van der Waals surface area contributed by atoms with Gasteiger partial charge in [-0.2, -0.15) is 0 Å². The van der Waals surface area contributed by atoms with E-state index in [-0.39, 0.29) is 0 Å². The Kier molecular flexibility index (Phi) is 6.05. The molecule has 8 rings (SSSR count). The molecule has 1 aromatic heterocycles.